The molecule has 96 valence electrons. The third-order valence-corrected chi connectivity index (χ3v) is 2.85. The van der Waals surface area contributed by atoms with Crippen LogP contribution in [0.2, 0.25) is 0 Å². The molecule has 2 unspecified atom stereocenters. The fraction of sp³-hybridized carbons (Fsp3) is 0.917. The van der Waals surface area contributed by atoms with E-state index in [9.17, 15) is 9.90 Å². The van der Waals surface area contributed by atoms with Gasteiger partial charge in [-0.15, -0.1) is 0 Å². The van der Waals surface area contributed by atoms with E-state index in [0.717, 1.165) is 13.1 Å². The summed E-state index contributed by atoms with van der Waals surface area (Å²) in [7, 11) is 0. The molecule has 0 fully saturated rings. The van der Waals surface area contributed by atoms with Crippen molar-refractivity contribution in [2.45, 2.75) is 46.8 Å². The molecule has 0 aromatic carbocycles. The molecule has 0 radical (unpaired) electrons. The van der Waals surface area contributed by atoms with Crippen LogP contribution in [-0.4, -0.2) is 47.7 Å². The molecule has 0 spiro atoms. The molecule has 2 atom stereocenters. The topological polar surface area (TPSA) is 52.6 Å². The van der Waals surface area contributed by atoms with Gasteiger partial charge < -0.3 is 15.3 Å². The van der Waals surface area contributed by atoms with Crippen LogP contribution in [0.25, 0.3) is 0 Å². The Morgan fingerprint density at radius 2 is 1.75 bits per heavy atom. The maximum atomic E-state index is 11.9. The van der Waals surface area contributed by atoms with Crippen molar-refractivity contribution in [3.05, 3.63) is 0 Å². The average molecular weight is 230 g/mol. The Balaban J connectivity index is 4.05. The standard InChI is InChI=1S/C12H26N2O2/c1-6-14(7-2)12(16)10(5)13-8-11(15)9(3)4/h9-11,13,15H,6-8H2,1-5H3. The highest BCUT2D eigenvalue weighted by Gasteiger charge is 2.19. The van der Waals surface area contributed by atoms with Crippen molar-refractivity contribution in [3.63, 3.8) is 0 Å². The summed E-state index contributed by atoms with van der Waals surface area (Å²) in [5.41, 5.74) is 0. The minimum absolute atomic E-state index is 0.0981. The monoisotopic (exact) mass is 230 g/mol. The number of aliphatic hydroxyl groups is 1. The normalized spacial score (nSPS) is 14.9. The zero-order valence-corrected chi connectivity index (χ0v) is 11.2. The van der Waals surface area contributed by atoms with E-state index in [-0.39, 0.29) is 17.9 Å². The molecule has 4 heteroatoms. The molecule has 0 aliphatic carbocycles. The predicted molar refractivity (Wildman–Crippen MR) is 66.2 cm³/mol. The number of hydrogen-bond acceptors (Lipinski definition) is 3. The van der Waals surface area contributed by atoms with Gasteiger partial charge in [0.2, 0.25) is 5.91 Å². The van der Waals surface area contributed by atoms with Crippen LogP contribution in [-0.2, 0) is 4.79 Å². The van der Waals surface area contributed by atoms with E-state index in [1.807, 2.05) is 34.6 Å². The Morgan fingerprint density at radius 1 is 1.25 bits per heavy atom. The van der Waals surface area contributed by atoms with Gasteiger partial charge in [-0.1, -0.05) is 13.8 Å². The number of nitrogens with one attached hydrogen (secondary N) is 1. The molecule has 4 nitrogen and oxygen atoms in total. The second kappa shape index (κ2) is 7.63. The molecule has 0 aliphatic rings. The second-order valence-corrected chi connectivity index (χ2v) is 4.45. The first-order valence-corrected chi connectivity index (χ1v) is 6.14. The van der Waals surface area contributed by atoms with Gasteiger partial charge in [0, 0.05) is 19.6 Å². The van der Waals surface area contributed by atoms with Gasteiger partial charge in [-0.3, -0.25) is 4.79 Å². The number of aliphatic hydroxyl groups excluding tert-OH is 1. The Labute approximate surface area is 99.0 Å². The minimum Gasteiger partial charge on any atom is -0.392 e. The highest BCUT2D eigenvalue weighted by Crippen LogP contribution is 2.00. The summed E-state index contributed by atoms with van der Waals surface area (Å²) in [5, 5.41) is 12.7. The molecule has 1 amide bonds. The van der Waals surface area contributed by atoms with Crippen LogP contribution in [0.15, 0.2) is 0 Å². The zero-order valence-electron chi connectivity index (χ0n) is 11.2. The van der Waals surface area contributed by atoms with Crippen LogP contribution < -0.4 is 5.32 Å². The van der Waals surface area contributed by atoms with Crippen LogP contribution >= 0.6 is 0 Å². The number of nitrogens with zero attached hydrogens (tertiary/aromatic N) is 1. The number of likely N-dealkylation sites (N-methyl/N-ethyl adjacent to an activating group) is 1. The van der Waals surface area contributed by atoms with E-state index in [2.05, 4.69) is 5.32 Å². The summed E-state index contributed by atoms with van der Waals surface area (Å²) in [6, 6.07) is -0.228. The van der Waals surface area contributed by atoms with Gasteiger partial charge in [-0.05, 0) is 26.7 Å². The van der Waals surface area contributed by atoms with Crippen LogP contribution in [0, 0.1) is 5.92 Å². The van der Waals surface area contributed by atoms with Crippen molar-refractivity contribution in [3.8, 4) is 0 Å². The van der Waals surface area contributed by atoms with E-state index in [1.165, 1.54) is 0 Å². The summed E-state index contributed by atoms with van der Waals surface area (Å²) in [6.45, 7) is 11.6. The number of rotatable bonds is 7. The average Bonchev–Trinajstić information content (AvgIpc) is 2.26. The smallest absolute Gasteiger partial charge is 0.239 e. The molecule has 0 saturated heterocycles. The molecular weight excluding hydrogens is 204 g/mol. The van der Waals surface area contributed by atoms with Gasteiger partial charge in [-0.25, -0.2) is 0 Å². The summed E-state index contributed by atoms with van der Waals surface area (Å²) >= 11 is 0. The molecule has 16 heavy (non-hydrogen) atoms. The van der Waals surface area contributed by atoms with Crippen molar-refractivity contribution in [2.24, 2.45) is 5.92 Å². The van der Waals surface area contributed by atoms with E-state index < -0.39 is 6.10 Å². The van der Waals surface area contributed by atoms with Crippen molar-refractivity contribution >= 4 is 5.91 Å². The third kappa shape index (κ3) is 4.94. The molecule has 2 N–H and O–H groups in total. The first kappa shape index (κ1) is 15.4. The molecule has 0 aromatic heterocycles. The van der Waals surface area contributed by atoms with Gasteiger partial charge >= 0.3 is 0 Å². The molecule has 0 rings (SSSR count). The lowest BCUT2D eigenvalue weighted by molar-refractivity contribution is -0.132. The van der Waals surface area contributed by atoms with E-state index in [0.29, 0.717) is 6.54 Å². The van der Waals surface area contributed by atoms with Gasteiger partial charge in [0.1, 0.15) is 0 Å². The summed E-state index contributed by atoms with van der Waals surface area (Å²) < 4.78 is 0. The number of hydrogen-bond donors (Lipinski definition) is 2. The molecule has 0 heterocycles. The maximum Gasteiger partial charge on any atom is 0.239 e. The first-order chi connectivity index (χ1) is 7.43. The molecule has 0 saturated carbocycles. The van der Waals surface area contributed by atoms with Gasteiger partial charge in [-0.2, -0.15) is 0 Å². The van der Waals surface area contributed by atoms with Crippen molar-refractivity contribution < 1.29 is 9.90 Å². The highest BCUT2D eigenvalue weighted by atomic mass is 16.3. The van der Waals surface area contributed by atoms with Crippen LogP contribution in [0.5, 0.6) is 0 Å². The van der Waals surface area contributed by atoms with Crippen molar-refractivity contribution in [1.29, 1.82) is 0 Å². The Hall–Kier alpha value is -0.610. The van der Waals surface area contributed by atoms with E-state index >= 15 is 0 Å². The van der Waals surface area contributed by atoms with Gasteiger partial charge in [0.15, 0.2) is 0 Å². The van der Waals surface area contributed by atoms with Crippen LogP contribution in [0.4, 0.5) is 0 Å². The lowest BCUT2D eigenvalue weighted by Crippen LogP contribution is -2.47. The predicted octanol–water partition coefficient (Wildman–Crippen LogP) is 0.850. The number of amides is 1. The third-order valence-electron chi connectivity index (χ3n) is 2.85. The number of carbonyl (C=O) groups excluding carboxylic acids is 1. The van der Waals surface area contributed by atoms with Crippen LogP contribution in [0.3, 0.4) is 0 Å². The quantitative estimate of drug-likeness (QED) is 0.682. The molecule has 0 bridgehead atoms. The highest BCUT2D eigenvalue weighted by molar-refractivity contribution is 5.81. The lowest BCUT2D eigenvalue weighted by atomic mass is 10.1. The molecule has 0 aliphatic heterocycles. The van der Waals surface area contributed by atoms with Crippen LogP contribution in [0.1, 0.15) is 34.6 Å². The minimum atomic E-state index is -0.396. The Bertz CT molecular complexity index is 203. The SMILES string of the molecule is CCN(CC)C(=O)C(C)NCC(O)C(C)C. The lowest BCUT2D eigenvalue weighted by Gasteiger charge is -2.25. The first-order valence-electron chi connectivity index (χ1n) is 6.14. The van der Waals surface area contributed by atoms with Gasteiger partial charge in [0.25, 0.3) is 0 Å². The number of carbonyl (C=O) groups is 1. The Kier molecular flexibility index (Phi) is 7.34. The molecule has 0 aromatic rings. The van der Waals surface area contributed by atoms with E-state index in [4.69, 9.17) is 0 Å². The zero-order chi connectivity index (χ0) is 12.7. The van der Waals surface area contributed by atoms with Gasteiger partial charge in [0.05, 0.1) is 12.1 Å². The fourth-order valence-electron chi connectivity index (χ4n) is 1.43. The fourth-order valence-corrected chi connectivity index (χ4v) is 1.43. The summed E-state index contributed by atoms with van der Waals surface area (Å²) in [4.78, 5) is 13.7. The largest absolute Gasteiger partial charge is 0.392 e. The van der Waals surface area contributed by atoms with Crippen molar-refractivity contribution in [2.75, 3.05) is 19.6 Å². The molecular formula is C12H26N2O2. The maximum absolute atomic E-state index is 11.9. The Morgan fingerprint density at radius 3 is 2.12 bits per heavy atom. The summed E-state index contributed by atoms with van der Waals surface area (Å²) in [6.07, 6.45) is -0.396. The van der Waals surface area contributed by atoms with E-state index in [1.54, 1.807) is 4.90 Å². The second-order valence-electron chi connectivity index (χ2n) is 4.45. The summed E-state index contributed by atoms with van der Waals surface area (Å²) in [5.74, 6) is 0.309. The van der Waals surface area contributed by atoms with Crippen molar-refractivity contribution in [1.82, 2.24) is 10.2 Å².